The van der Waals surface area contributed by atoms with Gasteiger partial charge in [0.2, 0.25) is 5.95 Å². The second-order valence-corrected chi connectivity index (χ2v) is 4.02. The van der Waals surface area contributed by atoms with E-state index in [2.05, 4.69) is 15.4 Å². The number of hydrogen-bond acceptors (Lipinski definition) is 6. The lowest BCUT2D eigenvalue weighted by molar-refractivity contribution is -0.148. The van der Waals surface area contributed by atoms with Crippen LogP contribution in [0.5, 0.6) is 0 Å². The van der Waals surface area contributed by atoms with Crippen LogP contribution in [0.3, 0.4) is 0 Å². The summed E-state index contributed by atoms with van der Waals surface area (Å²) in [5, 5.41) is 6.16. The molecule has 2 rings (SSSR count). The van der Waals surface area contributed by atoms with Crippen LogP contribution in [0.4, 0.5) is 16.0 Å². The van der Waals surface area contributed by atoms with Crippen molar-refractivity contribution in [2.75, 3.05) is 17.7 Å². The number of nitrogens with one attached hydrogen (secondary N) is 1. The molecular weight excluding hydrogens is 281 g/mol. The number of hydrogen-bond donors (Lipinski definition) is 2. The van der Waals surface area contributed by atoms with E-state index in [1.54, 1.807) is 0 Å². The second-order valence-electron chi connectivity index (χ2n) is 4.02. The second kappa shape index (κ2) is 6.46. The van der Waals surface area contributed by atoms with Crippen LogP contribution in [0.25, 0.3) is 0 Å². The predicted molar refractivity (Wildman–Crippen MR) is 70.4 cm³/mol. The zero-order valence-electron chi connectivity index (χ0n) is 10.8. The molecule has 0 fully saturated rings. The van der Waals surface area contributed by atoms with Gasteiger partial charge in [0.15, 0.2) is 6.61 Å². The number of esters is 1. The third-order valence-corrected chi connectivity index (χ3v) is 2.34. The van der Waals surface area contributed by atoms with Gasteiger partial charge in [-0.1, -0.05) is 0 Å². The zero-order chi connectivity index (χ0) is 15.2. The van der Waals surface area contributed by atoms with E-state index >= 15 is 0 Å². The van der Waals surface area contributed by atoms with Crippen molar-refractivity contribution < 1.29 is 18.7 Å². The van der Waals surface area contributed by atoms with Crippen LogP contribution in [0.15, 0.2) is 30.6 Å². The number of benzene rings is 1. The molecule has 1 aromatic heterocycles. The fourth-order valence-electron chi connectivity index (χ4n) is 1.44. The van der Waals surface area contributed by atoms with E-state index in [0.717, 1.165) is 0 Å². The summed E-state index contributed by atoms with van der Waals surface area (Å²) in [6.07, 6.45) is 1.27. The van der Waals surface area contributed by atoms with Crippen LogP contribution in [-0.4, -0.2) is 33.2 Å². The first-order chi connectivity index (χ1) is 10.0. The smallest absolute Gasteiger partial charge is 0.328 e. The standard InChI is InChI=1S/C12H12FN5O3/c13-8-1-3-9(4-2-8)16-10(19)6-21-11(20)5-18-7-15-12(14)17-18/h1-4,7H,5-6H2,(H2,14,17)(H,16,19). The summed E-state index contributed by atoms with van der Waals surface area (Å²) in [6, 6.07) is 5.20. The van der Waals surface area contributed by atoms with E-state index in [9.17, 15) is 14.0 Å². The largest absolute Gasteiger partial charge is 0.454 e. The SMILES string of the molecule is Nc1ncn(CC(=O)OCC(=O)Nc2ccc(F)cc2)n1. The molecule has 1 aromatic carbocycles. The van der Waals surface area contributed by atoms with Crippen LogP contribution in [0.1, 0.15) is 0 Å². The summed E-state index contributed by atoms with van der Waals surface area (Å²) in [7, 11) is 0. The molecule has 110 valence electrons. The average Bonchev–Trinajstić information content (AvgIpc) is 2.84. The molecule has 1 amide bonds. The molecular formula is C12H12FN5O3. The van der Waals surface area contributed by atoms with Gasteiger partial charge in [0.1, 0.15) is 18.7 Å². The molecule has 0 bridgehead atoms. The molecule has 3 N–H and O–H groups in total. The molecule has 0 unspecified atom stereocenters. The molecule has 9 heteroatoms. The van der Waals surface area contributed by atoms with Crippen LogP contribution in [0.2, 0.25) is 0 Å². The number of amides is 1. The third kappa shape index (κ3) is 4.56. The number of rotatable bonds is 5. The Morgan fingerprint density at radius 1 is 1.33 bits per heavy atom. The maximum Gasteiger partial charge on any atom is 0.328 e. The highest BCUT2D eigenvalue weighted by atomic mass is 19.1. The first kappa shape index (κ1) is 14.4. The fraction of sp³-hybridized carbons (Fsp3) is 0.167. The highest BCUT2D eigenvalue weighted by Crippen LogP contribution is 2.07. The molecule has 0 aliphatic carbocycles. The number of halogens is 1. The van der Waals surface area contributed by atoms with Crippen LogP contribution < -0.4 is 11.1 Å². The lowest BCUT2D eigenvalue weighted by Crippen LogP contribution is -2.23. The summed E-state index contributed by atoms with van der Waals surface area (Å²) in [6.45, 7) is -0.658. The van der Waals surface area contributed by atoms with Gasteiger partial charge in [-0.25, -0.2) is 14.1 Å². The number of ether oxygens (including phenoxy) is 1. The average molecular weight is 293 g/mol. The van der Waals surface area contributed by atoms with Crippen molar-refractivity contribution in [3.63, 3.8) is 0 Å². The van der Waals surface area contributed by atoms with Crippen molar-refractivity contribution in [1.29, 1.82) is 0 Å². The minimum absolute atomic E-state index is 0.0388. The maximum absolute atomic E-state index is 12.7. The van der Waals surface area contributed by atoms with Gasteiger partial charge < -0.3 is 15.8 Å². The summed E-state index contributed by atoms with van der Waals surface area (Å²) in [5.74, 6) is -1.56. The Hall–Kier alpha value is -2.97. The van der Waals surface area contributed by atoms with E-state index in [1.165, 1.54) is 35.3 Å². The molecule has 0 spiro atoms. The maximum atomic E-state index is 12.7. The lowest BCUT2D eigenvalue weighted by atomic mass is 10.3. The molecule has 8 nitrogen and oxygen atoms in total. The van der Waals surface area contributed by atoms with E-state index in [4.69, 9.17) is 10.5 Å². The van der Waals surface area contributed by atoms with Gasteiger partial charge >= 0.3 is 5.97 Å². The van der Waals surface area contributed by atoms with Crippen molar-refractivity contribution in [2.45, 2.75) is 6.54 Å². The molecule has 0 aliphatic rings. The van der Waals surface area contributed by atoms with Gasteiger partial charge in [-0.05, 0) is 24.3 Å². The van der Waals surface area contributed by atoms with Gasteiger partial charge in [0, 0.05) is 5.69 Å². The Labute approximate surface area is 118 Å². The van der Waals surface area contributed by atoms with Gasteiger partial charge in [-0.15, -0.1) is 5.10 Å². The fourth-order valence-corrected chi connectivity index (χ4v) is 1.44. The highest BCUT2D eigenvalue weighted by Gasteiger charge is 2.09. The van der Waals surface area contributed by atoms with Crippen molar-refractivity contribution in [3.05, 3.63) is 36.4 Å². The number of nitrogens with two attached hydrogens (primary N) is 1. The number of nitrogen functional groups attached to an aromatic ring is 1. The normalized spacial score (nSPS) is 10.1. The molecule has 0 aliphatic heterocycles. The number of carbonyl (C=O) groups is 2. The van der Waals surface area contributed by atoms with Crippen LogP contribution >= 0.6 is 0 Å². The van der Waals surface area contributed by atoms with Gasteiger partial charge in [0.25, 0.3) is 5.91 Å². The van der Waals surface area contributed by atoms with Gasteiger partial charge in [-0.3, -0.25) is 9.59 Å². The molecule has 2 aromatic rings. The van der Waals surface area contributed by atoms with Crippen molar-refractivity contribution in [2.24, 2.45) is 0 Å². The van der Waals surface area contributed by atoms with Crippen LogP contribution in [-0.2, 0) is 20.9 Å². The minimum atomic E-state index is -0.658. The minimum Gasteiger partial charge on any atom is -0.454 e. The predicted octanol–water partition coefficient (Wildman–Crippen LogP) is 0.181. The first-order valence-electron chi connectivity index (χ1n) is 5.89. The molecule has 0 saturated carbocycles. The van der Waals surface area contributed by atoms with Crippen molar-refractivity contribution >= 4 is 23.5 Å². The van der Waals surface area contributed by atoms with Crippen molar-refractivity contribution in [1.82, 2.24) is 14.8 Å². The molecule has 1 heterocycles. The van der Waals surface area contributed by atoms with E-state index in [-0.39, 0.29) is 12.5 Å². The van der Waals surface area contributed by atoms with E-state index in [0.29, 0.717) is 5.69 Å². The Morgan fingerprint density at radius 2 is 2.05 bits per heavy atom. The summed E-state index contributed by atoms with van der Waals surface area (Å²) in [4.78, 5) is 26.6. The monoisotopic (exact) mass is 293 g/mol. The summed E-state index contributed by atoms with van der Waals surface area (Å²) < 4.78 is 18.6. The number of carbonyl (C=O) groups excluding carboxylic acids is 2. The molecule has 21 heavy (non-hydrogen) atoms. The summed E-state index contributed by atoms with van der Waals surface area (Å²) in [5.41, 5.74) is 5.69. The quantitative estimate of drug-likeness (QED) is 0.761. The first-order valence-corrected chi connectivity index (χ1v) is 5.89. The Morgan fingerprint density at radius 3 is 2.67 bits per heavy atom. The van der Waals surface area contributed by atoms with Gasteiger partial charge in [-0.2, -0.15) is 0 Å². The summed E-state index contributed by atoms with van der Waals surface area (Å²) >= 11 is 0. The van der Waals surface area contributed by atoms with Gasteiger partial charge in [0.05, 0.1) is 0 Å². The lowest BCUT2D eigenvalue weighted by Gasteiger charge is -2.06. The Bertz CT molecular complexity index is 641. The topological polar surface area (TPSA) is 112 Å². The highest BCUT2D eigenvalue weighted by molar-refractivity contribution is 5.92. The number of aromatic nitrogens is 3. The van der Waals surface area contributed by atoms with E-state index in [1.807, 2.05) is 0 Å². The van der Waals surface area contributed by atoms with Crippen molar-refractivity contribution in [3.8, 4) is 0 Å². The Balaban J connectivity index is 1.75. The molecule has 0 atom stereocenters. The zero-order valence-corrected chi connectivity index (χ0v) is 10.8. The molecule has 0 radical (unpaired) electrons. The van der Waals surface area contributed by atoms with E-state index < -0.39 is 24.3 Å². The Kier molecular flexibility index (Phi) is 4.44. The van der Waals surface area contributed by atoms with Crippen LogP contribution in [0, 0.1) is 5.82 Å². The number of nitrogens with zero attached hydrogens (tertiary/aromatic N) is 3. The molecule has 0 saturated heterocycles. The number of anilines is 2. The third-order valence-electron chi connectivity index (χ3n) is 2.34.